The van der Waals surface area contributed by atoms with Crippen molar-refractivity contribution in [3.05, 3.63) is 34.3 Å². The van der Waals surface area contributed by atoms with Crippen molar-refractivity contribution < 1.29 is 5.11 Å². The van der Waals surface area contributed by atoms with Crippen molar-refractivity contribution in [3.63, 3.8) is 0 Å². The Labute approximate surface area is 86.1 Å². The minimum absolute atomic E-state index is 0.506. The summed E-state index contributed by atoms with van der Waals surface area (Å²) in [5, 5.41) is 12.9. The lowest BCUT2D eigenvalue weighted by atomic mass is 9.89. The summed E-state index contributed by atoms with van der Waals surface area (Å²) >= 11 is 3.38. The first-order valence-electron chi connectivity index (χ1n) is 4.36. The highest BCUT2D eigenvalue weighted by atomic mass is 79.9. The lowest BCUT2D eigenvalue weighted by molar-refractivity contribution is -0.00901. The molecule has 13 heavy (non-hydrogen) atoms. The quantitative estimate of drug-likeness (QED) is 0.819. The van der Waals surface area contributed by atoms with Crippen molar-refractivity contribution in [2.24, 2.45) is 0 Å². The first-order valence-corrected chi connectivity index (χ1v) is 5.15. The molecule has 0 aromatic heterocycles. The topological polar surface area (TPSA) is 32.3 Å². The largest absolute Gasteiger partial charge is 0.387 e. The van der Waals surface area contributed by atoms with E-state index in [2.05, 4.69) is 21.2 Å². The van der Waals surface area contributed by atoms with Crippen LogP contribution < -0.4 is 5.32 Å². The van der Waals surface area contributed by atoms with Gasteiger partial charge >= 0.3 is 0 Å². The molecule has 1 aromatic carbocycles. The van der Waals surface area contributed by atoms with Crippen molar-refractivity contribution in [3.8, 4) is 0 Å². The highest BCUT2D eigenvalue weighted by Crippen LogP contribution is 2.19. The summed E-state index contributed by atoms with van der Waals surface area (Å²) < 4.78 is 1.08. The summed E-state index contributed by atoms with van der Waals surface area (Å²) in [6.07, 6.45) is 0.743. The molecule has 0 aliphatic carbocycles. The third-order valence-electron chi connectivity index (χ3n) is 2.35. The molecule has 1 heterocycles. The standard InChI is InChI=1S/C10H12BrNO/c11-9-3-1-8(2-4-9)5-10(13)6-12-7-10/h1-4,12-13H,5-7H2. The Morgan fingerprint density at radius 3 is 2.38 bits per heavy atom. The Kier molecular flexibility index (Phi) is 2.41. The molecule has 0 saturated carbocycles. The normalized spacial score (nSPS) is 19.5. The average Bonchev–Trinajstić information content (AvgIpc) is 2.06. The van der Waals surface area contributed by atoms with Gasteiger partial charge in [-0.2, -0.15) is 0 Å². The molecular weight excluding hydrogens is 230 g/mol. The van der Waals surface area contributed by atoms with Crippen LogP contribution in [0.2, 0.25) is 0 Å². The zero-order valence-corrected chi connectivity index (χ0v) is 8.84. The SMILES string of the molecule is OC1(Cc2ccc(Br)cc2)CNC1. The summed E-state index contributed by atoms with van der Waals surface area (Å²) in [5.74, 6) is 0. The number of hydrogen-bond acceptors (Lipinski definition) is 2. The Bertz CT molecular complexity index is 292. The van der Waals surface area contributed by atoms with E-state index in [4.69, 9.17) is 0 Å². The lowest BCUT2D eigenvalue weighted by Gasteiger charge is -2.37. The molecule has 1 aromatic rings. The van der Waals surface area contributed by atoms with Gasteiger partial charge in [0.05, 0.1) is 5.60 Å². The minimum Gasteiger partial charge on any atom is -0.387 e. The molecule has 0 spiro atoms. The van der Waals surface area contributed by atoms with Gasteiger partial charge in [0, 0.05) is 24.0 Å². The highest BCUT2D eigenvalue weighted by Gasteiger charge is 2.33. The Morgan fingerprint density at radius 2 is 1.92 bits per heavy atom. The van der Waals surface area contributed by atoms with Gasteiger partial charge in [-0.25, -0.2) is 0 Å². The van der Waals surface area contributed by atoms with Gasteiger partial charge in [0.1, 0.15) is 0 Å². The maximum absolute atomic E-state index is 9.86. The maximum atomic E-state index is 9.86. The van der Waals surface area contributed by atoms with Crippen LogP contribution in [0.25, 0.3) is 0 Å². The van der Waals surface area contributed by atoms with E-state index in [1.165, 1.54) is 5.56 Å². The van der Waals surface area contributed by atoms with Crippen molar-refractivity contribution in [1.82, 2.24) is 5.32 Å². The lowest BCUT2D eigenvalue weighted by Crippen LogP contribution is -2.60. The Balaban J connectivity index is 2.05. The summed E-state index contributed by atoms with van der Waals surface area (Å²) in [5.41, 5.74) is 0.681. The molecule has 0 radical (unpaired) electrons. The first kappa shape index (κ1) is 9.19. The third-order valence-corrected chi connectivity index (χ3v) is 2.88. The van der Waals surface area contributed by atoms with E-state index in [1.54, 1.807) is 0 Å². The van der Waals surface area contributed by atoms with E-state index in [-0.39, 0.29) is 0 Å². The number of rotatable bonds is 2. The molecule has 2 rings (SSSR count). The van der Waals surface area contributed by atoms with Gasteiger partial charge in [-0.1, -0.05) is 28.1 Å². The van der Waals surface area contributed by atoms with Crippen molar-refractivity contribution in [2.75, 3.05) is 13.1 Å². The average molecular weight is 242 g/mol. The van der Waals surface area contributed by atoms with Crippen LogP contribution in [0.5, 0.6) is 0 Å². The summed E-state index contributed by atoms with van der Waals surface area (Å²) in [6, 6.07) is 8.09. The molecular formula is C10H12BrNO. The maximum Gasteiger partial charge on any atom is 0.0935 e. The van der Waals surface area contributed by atoms with E-state index in [0.717, 1.165) is 10.9 Å². The molecule has 0 bridgehead atoms. The zero-order chi connectivity index (χ0) is 9.31. The van der Waals surface area contributed by atoms with E-state index >= 15 is 0 Å². The number of benzene rings is 1. The fraction of sp³-hybridized carbons (Fsp3) is 0.400. The molecule has 1 saturated heterocycles. The fourth-order valence-electron chi connectivity index (χ4n) is 1.52. The molecule has 0 unspecified atom stereocenters. The number of aliphatic hydroxyl groups is 1. The van der Waals surface area contributed by atoms with E-state index in [1.807, 2.05) is 24.3 Å². The summed E-state index contributed by atoms with van der Waals surface area (Å²) in [7, 11) is 0. The number of hydrogen-bond donors (Lipinski definition) is 2. The number of nitrogens with one attached hydrogen (secondary N) is 1. The fourth-order valence-corrected chi connectivity index (χ4v) is 1.79. The molecule has 3 heteroatoms. The zero-order valence-electron chi connectivity index (χ0n) is 7.26. The molecule has 0 amide bonds. The van der Waals surface area contributed by atoms with Crippen LogP contribution in [0.15, 0.2) is 28.7 Å². The second-order valence-corrected chi connectivity index (χ2v) is 4.55. The smallest absolute Gasteiger partial charge is 0.0935 e. The molecule has 2 N–H and O–H groups in total. The van der Waals surface area contributed by atoms with Crippen LogP contribution in [0, 0.1) is 0 Å². The van der Waals surface area contributed by atoms with Gasteiger partial charge in [0.2, 0.25) is 0 Å². The minimum atomic E-state index is -0.506. The van der Waals surface area contributed by atoms with E-state index < -0.39 is 5.60 Å². The molecule has 70 valence electrons. The van der Waals surface area contributed by atoms with Crippen molar-refractivity contribution >= 4 is 15.9 Å². The van der Waals surface area contributed by atoms with Gasteiger partial charge < -0.3 is 10.4 Å². The second kappa shape index (κ2) is 3.40. The summed E-state index contributed by atoms with van der Waals surface area (Å²) in [4.78, 5) is 0. The third kappa shape index (κ3) is 2.10. The molecule has 1 aliphatic rings. The molecule has 2 nitrogen and oxygen atoms in total. The van der Waals surface area contributed by atoms with Crippen LogP contribution in [-0.4, -0.2) is 23.8 Å². The van der Waals surface area contributed by atoms with Crippen LogP contribution in [0.3, 0.4) is 0 Å². The Morgan fingerprint density at radius 1 is 1.31 bits per heavy atom. The molecule has 1 aliphatic heterocycles. The van der Waals surface area contributed by atoms with Crippen molar-refractivity contribution in [2.45, 2.75) is 12.0 Å². The predicted molar refractivity (Wildman–Crippen MR) is 55.7 cm³/mol. The van der Waals surface area contributed by atoms with E-state index in [9.17, 15) is 5.11 Å². The van der Waals surface area contributed by atoms with Gasteiger partial charge in [-0.3, -0.25) is 0 Å². The van der Waals surface area contributed by atoms with Crippen LogP contribution in [-0.2, 0) is 6.42 Å². The number of halogens is 1. The van der Waals surface area contributed by atoms with Gasteiger partial charge in [0.15, 0.2) is 0 Å². The van der Waals surface area contributed by atoms with E-state index in [0.29, 0.717) is 13.1 Å². The van der Waals surface area contributed by atoms with Crippen LogP contribution in [0.4, 0.5) is 0 Å². The van der Waals surface area contributed by atoms with Gasteiger partial charge in [-0.05, 0) is 17.7 Å². The molecule has 1 fully saturated rings. The van der Waals surface area contributed by atoms with Gasteiger partial charge in [-0.15, -0.1) is 0 Å². The molecule has 0 atom stereocenters. The first-order chi connectivity index (χ1) is 6.18. The second-order valence-electron chi connectivity index (χ2n) is 3.63. The number of β-amino-alcohol motifs (C(OH)–C–C–N with tert-alkyl or cyclic N) is 1. The van der Waals surface area contributed by atoms with Crippen molar-refractivity contribution in [1.29, 1.82) is 0 Å². The Hall–Kier alpha value is -0.380. The predicted octanol–water partition coefficient (Wildman–Crippen LogP) is 1.33. The highest BCUT2D eigenvalue weighted by molar-refractivity contribution is 9.10. The van der Waals surface area contributed by atoms with Crippen LogP contribution >= 0.6 is 15.9 Å². The van der Waals surface area contributed by atoms with Crippen LogP contribution in [0.1, 0.15) is 5.56 Å². The van der Waals surface area contributed by atoms with Gasteiger partial charge in [0.25, 0.3) is 0 Å². The summed E-state index contributed by atoms with van der Waals surface area (Å²) in [6.45, 7) is 1.42. The monoisotopic (exact) mass is 241 g/mol.